The van der Waals surface area contributed by atoms with Gasteiger partial charge in [0.1, 0.15) is 10.8 Å². The quantitative estimate of drug-likeness (QED) is 0.943. The summed E-state index contributed by atoms with van der Waals surface area (Å²) < 4.78 is 4.38. The van der Waals surface area contributed by atoms with Crippen LogP contribution in [-0.4, -0.2) is 47.5 Å². The van der Waals surface area contributed by atoms with Crippen LogP contribution in [0.25, 0.3) is 11.1 Å². The van der Waals surface area contributed by atoms with Crippen molar-refractivity contribution in [3.8, 4) is 11.1 Å². The molecular weight excluding hydrogens is 282 g/mol. The van der Waals surface area contributed by atoms with Crippen LogP contribution in [0, 0.1) is 0 Å². The number of nitrogens with two attached hydrogens (primary N) is 1. The van der Waals surface area contributed by atoms with Gasteiger partial charge in [-0.25, -0.2) is 0 Å². The fourth-order valence-corrected chi connectivity index (χ4v) is 3.73. The first-order valence-corrected chi connectivity index (χ1v) is 8.01. The molecule has 2 N–H and O–H groups in total. The zero-order chi connectivity index (χ0) is 14.8. The summed E-state index contributed by atoms with van der Waals surface area (Å²) in [7, 11) is 4.30. The molecule has 0 aliphatic carbocycles. The van der Waals surface area contributed by atoms with Crippen molar-refractivity contribution in [1.29, 1.82) is 0 Å². The van der Waals surface area contributed by atoms with Crippen LogP contribution in [0.5, 0.6) is 0 Å². The zero-order valence-electron chi connectivity index (χ0n) is 12.5. The van der Waals surface area contributed by atoms with Gasteiger partial charge in [-0.05, 0) is 56.2 Å². The van der Waals surface area contributed by atoms with Crippen LogP contribution < -0.4 is 10.6 Å². The van der Waals surface area contributed by atoms with Crippen LogP contribution in [0.1, 0.15) is 12.8 Å². The summed E-state index contributed by atoms with van der Waals surface area (Å²) >= 11 is 1.50. The standard InChI is InChI=1S/C15H21N5S/c1-19(2)12-4-3-9-20(10-12)15-13(14(16)18-21-15)11-5-7-17-8-6-11/h5-8,12H,3-4,9-10H2,1-2H3,(H2,16,18). The highest BCUT2D eigenvalue weighted by atomic mass is 32.1. The summed E-state index contributed by atoms with van der Waals surface area (Å²) in [4.78, 5) is 8.82. The van der Waals surface area contributed by atoms with Gasteiger partial charge in [-0.1, -0.05) is 0 Å². The second kappa shape index (κ2) is 5.99. The Morgan fingerprint density at radius 1 is 1.33 bits per heavy atom. The molecule has 0 saturated carbocycles. The topological polar surface area (TPSA) is 58.3 Å². The molecule has 3 rings (SSSR count). The summed E-state index contributed by atoms with van der Waals surface area (Å²) in [5.74, 6) is 0.619. The molecule has 2 aromatic rings. The van der Waals surface area contributed by atoms with Crippen LogP contribution in [0.3, 0.4) is 0 Å². The van der Waals surface area contributed by atoms with Crippen LogP contribution in [0.4, 0.5) is 10.8 Å². The third-order valence-corrected chi connectivity index (χ3v) is 5.01. The molecule has 0 radical (unpaired) electrons. The molecule has 0 spiro atoms. The summed E-state index contributed by atoms with van der Waals surface area (Å²) in [6.45, 7) is 2.11. The highest BCUT2D eigenvalue weighted by Gasteiger charge is 2.26. The maximum absolute atomic E-state index is 6.12. The minimum absolute atomic E-state index is 0.590. The minimum Gasteiger partial charge on any atom is -0.382 e. The monoisotopic (exact) mass is 303 g/mol. The van der Waals surface area contributed by atoms with E-state index in [1.807, 2.05) is 12.1 Å². The Hall–Kier alpha value is -1.66. The van der Waals surface area contributed by atoms with Crippen molar-refractivity contribution in [3.05, 3.63) is 24.5 Å². The largest absolute Gasteiger partial charge is 0.382 e. The maximum atomic E-state index is 6.12. The minimum atomic E-state index is 0.590. The summed E-state index contributed by atoms with van der Waals surface area (Å²) in [5, 5.41) is 1.19. The molecule has 2 aromatic heterocycles. The first kappa shape index (κ1) is 14.3. The van der Waals surface area contributed by atoms with E-state index in [2.05, 4.69) is 33.3 Å². The molecule has 1 atom stereocenters. The molecule has 1 aliphatic heterocycles. The molecule has 1 fully saturated rings. The van der Waals surface area contributed by atoms with Crippen molar-refractivity contribution in [1.82, 2.24) is 14.3 Å². The SMILES string of the molecule is CN(C)C1CCCN(c2snc(N)c2-c2ccncc2)C1. The van der Waals surface area contributed by atoms with Crippen LogP contribution in [0.2, 0.25) is 0 Å². The number of likely N-dealkylation sites (N-methyl/N-ethyl adjacent to an activating group) is 1. The first-order chi connectivity index (χ1) is 10.2. The molecule has 21 heavy (non-hydrogen) atoms. The van der Waals surface area contributed by atoms with E-state index in [4.69, 9.17) is 5.73 Å². The Kier molecular flexibility index (Phi) is 4.07. The third-order valence-electron chi connectivity index (χ3n) is 4.08. The van der Waals surface area contributed by atoms with Gasteiger partial charge in [-0.15, -0.1) is 0 Å². The van der Waals surface area contributed by atoms with E-state index in [1.54, 1.807) is 12.4 Å². The van der Waals surface area contributed by atoms with Crippen LogP contribution >= 0.6 is 11.5 Å². The van der Waals surface area contributed by atoms with E-state index in [0.29, 0.717) is 11.9 Å². The summed E-state index contributed by atoms with van der Waals surface area (Å²) in [6.07, 6.45) is 6.06. The van der Waals surface area contributed by atoms with Crippen molar-refractivity contribution in [3.63, 3.8) is 0 Å². The van der Waals surface area contributed by atoms with E-state index >= 15 is 0 Å². The van der Waals surface area contributed by atoms with Gasteiger partial charge < -0.3 is 15.5 Å². The molecular formula is C15H21N5S. The smallest absolute Gasteiger partial charge is 0.147 e. The Morgan fingerprint density at radius 3 is 2.81 bits per heavy atom. The average molecular weight is 303 g/mol. The zero-order valence-corrected chi connectivity index (χ0v) is 13.3. The number of nitrogens with zero attached hydrogens (tertiary/aromatic N) is 4. The van der Waals surface area contributed by atoms with E-state index in [-0.39, 0.29) is 0 Å². The van der Waals surface area contributed by atoms with E-state index < -0.39 is 0 Å². The van der Waals surface area contributed by atoms with Gasteiger partial charge in [-0.2, -0.15) is 4.37 Å². The van der Waals surface area contributed by atoms with Crippen LogP contribution in [-0.2, 0) is 0 Å². The van der Waals surface area contributed by atoms with E-state index in [9.17, 15) is 0 Å². The van der Waals surface area contributed by atoms with Gasteiger partial charge >= 0.3 is 0 Å². The van der Waals surface area contributed by atoms with Gasteiger partial charge in [0.2, 0.25) is 0 Å². The normalized spacial score (nSPS) is 19.2. The van der Waals surface area contributed by atoms with Gasteiger partial charge in [0.05, 0.1) is 5.56 Å². The molecule has 5 nitrogen and oxygen atoms in total. The molecule has 0 amide bonds. The van der Waals surface area contributed by atoms with Crippen molar-refractivity contribution >= 4 is 22.4 Å². The Balaban J connectivity index is 1.93. The van der Waals surface area contributed by atoms with Crippen molar-refractivity contribution in [2.75, 3.05) is 37.8 Å². The fraction of sp³-hybridized carbons (Fsp3) is 0.467. The molecule has 1 aliphatic rings. The maximum Gasteiger partial charge on any atom is 0.147 e. The Labute approximate surface area is 129 Å². The number of piperidine rings is 1. The highest BCUT2D eigenvalue weighted by molar-refractivity contribution is 7.11. The number of pyridine rings is 1. The molecule has 6 heteroatoms. The number of nitrogen functional groups attached to an aromatic ring is 1. The second-order valence-corrected chi connectivity index (χ2v) is 6.44. The summed E-state index contributed by atoms with van der Waals surface area (Å²) in [6, 6.07) is 4.58. The first-order valence-electron chi connectivity index (χ1n) is 7.23. The third kappa shape index (κ3) is 2.87. The summed E-state index contributed by atoms with van der Waals surface area (Å²) in [5.41, 5.74) is 8.27. The van der Waals surface area contributed by atoms with E-state index in [1.165, 1.54) is 29.4 Å². The van der Waals surface area contributed by atoms with Crippen LogP contribution in [0.15, 0.2) is 24.5 Å². The van der Waals surface area contributed by atoms with Gasteiger partial charge in [0.15, 0.2) is 0 Å². The lowest BCUT2D eigenvalue weighted by molar-refractivity contribution is 0.258. The van der Waals surface area contributed by atoms with Gasteiger partial charge in [0.25, 0.3) is 0 Å². The predicted octanol–water partition coefficient (Wildman–Crippen LogP) is 2.32. The number of hydrogen-bond donors (Lipinski definition) is 1. The lowest BCUT2D eigenvalue weighted by Crippen LogP contribution is -2.45. The molecule has 1 saturated heterocycles. The highest BCUT2D eigenvalue weighted by Crippen LogP contribution is 2.40. The predicted molar refractivity (Wildman–Crippen MR) is 88.7 cm³/mol. The Morgan fingerprint density at radius 2 is 2.10 bits per heavy atom. The number of anilines is 2. The molecule has 0 aromatic carbocycles. The molecule has 112 valence electrons. The van der Waals surface area contributed by atoms with Crippen molar-refractivity contribution in [2.45, 2.75) is 18.9 Å². The number of aromatic nitrogens is 2. The van der Waals surface area contributed by atoms with Crippen molar-refractivity contribution in [2.24, 2.45) is 0 Å². The molecule has 1 unspecified atom stereocenters. The Bertz CT molecular complexity index is 595. The number of hydrogen-bond acceptors (Lipinski definition) is 6. The lowest BCUT2D eigenvalue weighted by Gasteiger charge is -2.37. The van der Waals surface area contributed by atoms with Crippen molar-refractivity contribution < 1.29 is 0 Å². The van der Waals surface area contributed by atoms with Gasteiger partial charge in [0, 0.05) is 31.5 Å². The fourth-order valence-electron chi connectivity index (χ4n) is 2.86. The lowest BCUT2D eigenvalue weighted by atomic mass is 10.0. The molecule has 3 heterocycles. The second-order valence-electron chi connectivity index (χ2n) is 5.69. The number of rotatable bonds is 3. The van der Waals surface area contributed by atoms with Gasteiger partial charge in [-0.3, -0.25) is 4.98 Å². The molecule has 0 bridgehead atoms. The average Bonchev–Trinajstić information content (AvgIpc) is 2.90. The van der Waals surface area contributed by atoms with E-state index in [0.717, 1.165) is 24.2 Å².